The number of rotatable bonds is 7. The predicted octanol–water partition coefficient (Wildman–Crippen LogP) is 2.50. The lowest BCUT2D eigenvalue weighted by Gasteiger charge is -2.05. The Kier molecular flexibility index (Phi) is 5.64. The number of carboxylic acid groups (broad SMARTS) is 1. The van der Waals surface area contributed by atoms with Crippen LogP contribution in [0.2, 0.25) is 0 Å². The molecule has 0 heterocycles. The van der Waals surface area contributed by atoms with Crippen LogP contribution in [0.1, 0.15) is 12.8 Å². The zero-order valence-corrected chi connectivity index (χ0v) is 9.76. The van der Waals surface area contributed by atoms with Gasteiger partial charge in [0.2, 0.25) is 0 Å². The summed E-state index contributed by atoms with van der Waals surface area (Å²) >= 11 is 0. The fraction of sp³-hybridized carbons (Fsp3) is 0.308. The maximum absolute atomic E-state index is 10.2. The molecule has 1 N–H and O–H groups in total. The molecule has 1 aromatic rings. The van der Waals surface area contributed by atoms with E-state index in [0.29, 0.717) is 13.0 Å². The monoisotopic (exact) mass is 236 g/mol. The van der Waals surface area contributed by atoms with Gasteiger partial charge >= 0.3 is 5.97 Å². The third-order valence-electron chi connectivity index (χ3n) is 2.05. The molecule has 0 bridgehead atoms. The Morgan fingerprint density at radius 3 is 2.82 bits per heavy atom. The van der Waals surface area contributed by atoms with Crippen molar-refractivity contribution in [2.75, 3.05) is 13.7 Å². The summed E-state index contributed by atoms with van der Waals surface area (Å²) in [6.45, 7) is 0.517. The third kappa shape index (κ3) is 5.61. The number of aliphatic carboxylic acids is 1. The Hall–Kier alpha value is -1.97. The summed E-state index contributed by atoms with van der Waals surface area (Å²) in [6, 6.07) is 7.36. The average Bonchev–Trinajstić information content (AvgIpc) is 2.33. The topological polar surface area (TPSA) is 55.8 Å². The molecule has 4 heteroatoms. The van der Waals surface area contributed by atoms with E-state index in [9.17, 15) is 4.79 Å². The number of hydrogen-bond donors (Lipinski definition) is 1. The van der Waals surface area contributed by atoms with Gasteiger partial charge in [0.15, 0.2) is 0 Å². The average molecular weight is 236 g/mol. The van der Waals surface area contributed by atoms with E-state index in [0.717, 1.165) is 11.5 Å². The summed E-state index contributed by atoms with van der Waals surface area (Å²) in [4.78, 5) is 10.2. The SMILES string of the molecule is COc1cccc(OCC/C=C/CC(=O)O)c1. The summed E-state index contributed by atoms with van der Waals surface area (Å²) in [7, 11) is 1.60. The van der Waals surface area contributed by atoms with Crippen molar-refractivity contribution in [3.05, 3.63) is 36.4 Å². The van der Waals surface area contributed by atoms with E-state index in [2.05, 4.69) is 0 Å². The second-order valence-corrected chi connectivity index (χ2v) is 3.39. The van der Waals surface area contributed by atoms with Gasteiger partial charge in [-0.05, 0) is 18.6 Å². The quantitative estimate of drug-likeness (QED) is 0.583. The van der Waals surface area contributed by atoms with Gasteiger partial charge in [0.05, 0.1) is 20.1 Å². The molecule has 4 nitrogen and oxygen atoms in total. The molecule has 0 aliphatic carbocycles. The molecule has 0 radical (unpaired) electrons. The molecular weight excluding hydrogens is 220 g/mol. The Morgan fingerprint density at radius 2 is 2.12 bits per heavy atom. The first-order chi connectivity index (χ1) is 8.22. The van der Waals surface area contributed by atoms with Crippen LogP contribution in [-0.2, 0) is 4.79 Å². The van der Waals surface area contributed by atoms with Crippen LogP contribution in [-0.4, -0.2) is 24.8 Å². The lowest BCUT2D eigenvalue weighted by atomic mass is 10.3. The molecule has 0 saturated heterocycles. The lowest BCUT2D eigenvalue weighted by molar-refractivity contribution is -0.136. The smallest absolute Gasteiger partial charge is 0.307 e. The molecule has 92 valence electrons. The Morgan fingerprint density at radius 1 is 1.35 bits per heavy atom. The van der Waals surface area contributed by atoms with Crippen LogP contribution >= 0.6 is 0 Å². The number of hydrogen-bond acceptors (Lipinski definition) is 3. The van der Waals surface area contributed by atoms with Crippen LogP contribution in [0.5, 0.6) is 11.5 Å². The molecule has 0 aromatic heterocycles. The van der Waals surface area contributed by atoms with E-state index in [4.69, 9.17) is 14.6 Å². The molecule has 1 rings (SSSR count). The van der Waals surface area contributed by atoms with Crippen molar-refractivity contribution in [1.29, 1.82) is 0 Å². The van der Waals surface area contributed by atoms with Crippen molar-refractivity contribution in [2.24, 2.45) is 0 Å². The summed E-state index contributed by atoms with van der Waals surface area (Å²) < 4.78 is 10.5. The number of carbonyl (C=O) groups is 1. The van der Waals surface area contributed by atoms with E-state index in [1.807, 2.05) is 18.2 Å². The van der Waals surface area contributed by atoms with Crippen molar-refractivity contribution in [2.45, 2.75) is 12.8 Å². The van der Waals surface area contributed by atoms with Gasteiger partial charge in [0.1, 0.15) is 11.5 Å². The van der Waals surface area contributed by atoms with Crippen LogP contribution in [0, 0.1) is 0 Å². The highest BCUT2D eigenvalue weighted by atomic mass is 16.5. The molecule has 17 heavy (non-hydrogen) atoms. The molecule has 0 spiro atoms. The first kappa shape index (κ1) is 13.1. The molecule has 0 aliphatic rings. The number of benzene rings is 1. The van der Waals surface area contributed by atoms with Crippen LogP contribution in [0.25, 0.3) is 0 Å². The summed E-state index contributed by atoms with van der Waals surface area (Å²) in [5.41, 5.74) is 0. The van der Waals surface area contributed by atoms with E-state index < -0.39 is 5.97 Å². The largest absolute Gasteiger partial charge is 0.497 e. The first-order valence-corrected chi connectivity index (χ1v) is 5.36. The fourth-order valence-electron chi connectivity index (χ4n) is 1.24. The van der Waals surface area contributed by atoms with Crippen molar-refractivity contribution in [3.63, 3.8) is 0 Å². The number of carboxylic acids is 1. The molecule has 0 saturated carbocycles. The molecule has 0 atom stereocenters. The van der Waals surface area contributed by atoms with Gasteiger partial charge in [-0.15, -0.1) is 0 Å². The van der Waals surface area contributed by atoms with Crippen molar-refractivity contribution in [1.82, 2.24) is 0 Å². The van der Waals surface area contributed by atoms with E-state index in [1.165, 1.54) is 0 Å². The van der Waals surface area contributed by atoms with Gasteiger partial charge in [0.25, 0.3) is 0 Å². The van der Waals surface area contributed by atoms with Gasteiger partial charge in [-0.1, -0.05) is 18.2 Å². The van der Waals surface area contributed by atoms with E-state index in [1.54, 1.807) is 25.3 Å². The van der Waals surface area contributed by atoms with Gasteiger partial charge in [0, 0.05) is 6.07 Å². The van der Waals surface area contributed by atoms with E-state index >= 15 is 0 Å². The Bertz CT molecular complexity index is 385. The minimum absolute atomic E-state index is 0.0547. The summed E-state index contributed by atoms with van der Waals surface area (Å²) in [5, 5.41) is 8.41. The number of methoxy groups -OCH3 is 1. The van der Waals surface area contributed by atoms with E-state index in [-0.39, 0.29) is 6.42 Å². The number of ether oxygens (including phenoxy) is 2. The van der Waals surface area contributed by atoms with Crippen molar-refractivity contribution < 1.29 is 19.4 Å². The van der Waals surface area contributed by atoms with Crippen molar-refractivity contribution >= 4 is 5.97 Å². The zero-order chi connectivity index (χ0) is 12.5. The predicted molar refractivity (Wildman–Crippen MR) is 64.5 cm³/mol. The minimum Gasteiger partial charge on any atom is -0.497 e. The van der Waals surface area contributed by atoms with Crippen LogP contribution < -0.4 is 9.47 Å². The maximum atomic E-state index is 10.2. The second kappa shape index (κ2) is 7.33. The van der Waals surface area contributed by atoms with Crippen LogP contribution in [0.4, 0.5) is 0 Å². The maximum Gasteiger partial charge on any atom is 0.307 e. The minimum atomic E-state index is -0.824. The van der Waals surface area contributed by atoms with Gasteiger partial charge in [-0.3, -0.25) is 4.79 Å². The highest BCUT2D eigenvalue weighted by molar-refractivity contribution is 5.68. The van der Waals surface area contributed by atoms with Crippen LogP contribution in [0.3, 0.4) is 0 Å². The highest BCUT2D eigenvalue weighted by Crippen LogP contribution is 2.18. The molecule has 0 amide bonds. The molecular formula is C13H16O4. The molecule has 0 fully saturated rings. The van der Waals surface area contributed by atoms with Gasteiger partial charge in [-0.25, -0.2) is 0 Å². The standard InChI is InChI=1S/C13H16O4/c1-16-11-6-5-7-12(10-11)17-9-4-2-3-8-13(14)15/h2-3,5-7,10H,4,8-9H2,1H3,(H,14,15)/b3-2+. The Balaban J connectivity index is 2.26. The van der Waals surface area contributed by atoms with Crippen LogP contribution in [0.15, 0.2) is 36.4 Å². The molecule has 1 aromatic carbocycles. The van der Waals surface area contributed by atoms with Crippen molar-refractivity contribution in [3.8, 4) is 11.5 Å². The molecule has 0 aliphatic heterocycles. The fourth-order valence-corrected chi connectivity index (χ4v) is 1.24. The zero-order valence-electron chi connectivity index (χ0n) is 9.76. The Labute approximate surface area is 100 Å². The first-order valence-electron chi connectivity index (χ1n) is 5.36. The normalized spacial score (nSPS) is 10.4. The second-order valence-electron chi connectivity index (χ2n) is 3.39. The summed E-state index contributed by atoms with van der Waals surface area (Å²) in [6.07, 6.45) is 4.16. The van der Waals surface area contributed by atoms with Gasteiger partial charge < -0.3 is 14.6 Å². The third-order valence-corrected chi connectivity index (χ3v) is 2.05. The van der Waals surface area contributed by atoms with Gasteiger partial charge in [-0.2, -0.15) is 0 Å². The molecule has 0 unspecified atom stereocenters. The summed E-state index contributed by atoms with van der Waals surface area (Å²) in [5.74, 6) is 0.676. The highest BCUT2D eigenvalue weighted by Gasteiger charge is 1.95. The lowest BCUT2D eigenvalue weighted by Crippen LogP contribution is -1.96.